The molecule has 0 aliphatic heterocycles. The molecule has 0 saturated heterocycles. The lowest BCUT2D eigenvalue weighted by Gasteiger charge is -2.20. The lowest BCUT2D eigenvalue weighted by atomic mass is 10.0. The van der Waals surface area contributed by atoms with E-state index in [1.165, 1.54) is 103 Å². The molecule has 11 heteroatoms. The number of esters is 1. The Kier molecular flexibility index (Phi) is 45.4. The first-order valence-electron chi connectivity index (χ1n) is 25.0. The van der Waals surface area contributed by atoms with Crippen molar-refractivity contribution in [2.45, 2.75) is 219 Å². The van der Waals surface area contributed by atoms with Crippen LogP contribution < -0.4 is 5.73 Å². The van der Waals surface area contributed by atoms with Gasteiger partial charge in [0, 0.05) is 13.0 Å². The largest absolute Gasteiger partial charge is 0.480 e. The summed E-state index contributed by atoms with van der Waals surface area (Å²) in [5, 5.41) is 8.92. The molecule has 0 radical (unpaired) electrons. The van der Waals surface area contributed by atoms with Crippen LogP contribution in [-0.2, 0) is 32.7 Å². The molecule has 0 heterocycles. The van der Waals surface area contributed by atoms with E-state index in [9.17, 15) is 19.0 Å². The number of aliphatic carboxylic acids is 1. The van der Waals surface area contributed by atoms with E-state index in [1.807, 2.05) is 0 Å². The van der Waals surface area contributed by atoms with E-state index in [1.54, 1.807) is 0 Å². The highest BCUT2D eigenvalue weighted by Crippen LogP contribution is 2.43. The number of carbonyl (C=O) groups is 2. The number of carbonyl (C=O) groups excluding carboxylic acids is 1. The predicted molar refractivity (Wildman–Crippen MR) is 263 cm³/mol. The van der Waals surface area contributed by atoms with Gasteiger partial charge in [-0.05, 0) is 83.5 Å². The Bertz CT molecular complexity index is 1280. The molecule has 0 amide bonds. The van der Waals surface area contributed by atoms with Crippen molar-refractivity contribution in [3.63, 3.8) is 0 Å². The first-order chi connectivity index (χ1) is 30.7. The van der Waals surface area contributed by atoms with Gasteiger partial charge in [-0.15, -0.1) is 0 Å². The first kappa shape index (κ1) is 60.4. The minimum absolute atomic E-state index is 0.00288. The molecule has 3 unspecified atom stereocenters. The quantitative estimate of drug-likeness (QED) is 0.0233. The zero-order chi connectivity index (χ0) is 46.2. The molecule has 0 aromatic heterocycles. The Morgan fingerprint density at radius 3 is 1.38 bits per heavy atom. The van der Waals surface area contributed by atoms with Gasteiger partial charge < -0.3 is 25.2 Å². The first-order valence-corrected chi connectivity index (χ1v) is 26.5. The van der Waals surface area contributed by atoms with Crippen molar-refractivity contribution in [3.8, 4) is 0 Å². The molecule has 3 atom stereocenters. The van der Waals surface area contributed by atoms with Crippen molar-refractivity contribution in [3.05, 3.63) is 72.9 Å². The number of carboxylic acids is 1. The van der Waals surface area contributed by atoms with E-state index < -0.39 is 45.1 Å². The molecule has 0 bridgehead atoms. The number of phosphoric acid groups is 1. The van der Waals surface area contributed by atoms with E-state index in [0.717, 1.165) is 77.0 Å². The molecule has 63 heavy (non-hydrogen) atoms. The number of hydrogen-bond acceptors (Lipinski definition) is 8. The summed E-state index contributed by atoms with van der Waals surface area (Å²) < 4.78 is 33.5. The Labute approximate surface area is 384 Å². The summed E-state index contributed by atoms with van der Waals surface area (Å²) in [7, 11) is -4.63. The van der Waals surface area contributed by atoms with Crippen LogP contribution in [-0.4, -0.2) is 60.5 Å². The molecule has 0 spiro atoms. The van der Waals surface area contributed by atoms with Crippen molar-refractivity contribution >= 4 is 19.8 Å². The lowest BCUT2D eigenvalue weighted by molar-refractivity contribution is -0.154. The van der Waals surface area contributed by atoms with E-state index in [4.69, 9.17) is 29.4 Å². The number of ether oxygens (including phenoxy) is 2. The van der Waals surface area contributed by atoms with Crippen LogP contribution in [0, 0.1) is 0 Å². The van der Waals surface area contributed by atoms with Gasteiger partial charge in [0.2, 0.25) is 0 Å². The molecule has 0 rings (SSSR count). The predicted octanol–water partition coefficient (Wildman–Crippen LogP) is 14.5. The molecule has 0 aliphatic rings. The maximum Gasteiger partial charge on any atom is 0.472 e. The third kappa shape index (κ3) is 47.2. The maximum absolute atomic E-state index is 12.7. The molecule has 0 saturated carbocycles. The minimum Gasteiger partial charge on any atom is -0.480 e. The average molecular weight is 906 g/mol. The van der Waals surface area contributed by atoms with Gasteiger partial charge >= 0.3 is 19.8 Å². The summed E-state index contributed by atoms with van der Waals surface area (Å²) in [4.78, 5) is 33.6. The van der Waals surface area contributed by atoms with Gasteiger partial charge in [-0.25, -0.2) is 4.57 Å². The topological polar surface area (TPSA) is 155 Å². The van der Waals surface area contributed by atoms with Crippen molar-refractivity contribution in [2.75, 3.05) is 26.4 Å². The Morgan fingerprint density at radius 2 is 0.921 bits per heavy atom. The number of phosphoric ester groups is 1. The summed E-state index contributed by atoms with van der Waals surface area (Å²) in [5.41, 5.74) is 5.37. The Morgan fingerprint density at radius 1 is 0.524 bits per heavy atom. The Hall–Kier alpha value is -2.59. The molecule has 0 fully saturated rings. The van der Waals surface area contributed by atoms with Crippen LogP contribution in [0.25, 0.3) is 0 Å². The van der Waals surface area contributed by atoms with E-state index >= 15 is 0 Å². The van der Waals surface area contributed by atoms with Gasteiger partial charge in [0.1, 0.15) is 12.1 Å². The van der Waals surface area contributed by atoms with Gasteiger partial charge in [-0.2, -0.15) is 0 Å². The number of hydrogen-bond donors (Lipinski definition) is 3. The fraction of sp³-hybridized carbons (Fsp3) is 0.731. The van der Waals surface area contributed by atoms with Crippen LogP contribution >= 0.6 is 7.82 Å². The second kappa shape index (κ2) is 47.4. The molecule has 4 N–H and O–H groups in total. The van der Waals surface area contributed by atoms with Crippen molar-refractivity contribution < 1.29 is 42.7 Å². The van der Waals surface area contributed by atoms with Gasteiger partial charge in [-0.3, -0.25) is 18.6 Å². The zero-order valence-corrected chi connectivity index (χ0v) is 40.8. The molecular formula is C52H92NO9P. The number of unbranched alkanes of at least 4 members (excludes halogenated alkanes) is 21. The second-order valence-corrected chi connectivity index (χ2v) is 18.0. The summed E-state index contributed by atoms with van der Waals surface area (Å²) in [6, 6.07) is -1.48. The Balaban J connectivity index is 4.17. The van der Waals surface area contributed by atoms with E-state index in [-0.39, 0.29) is 13.0 Å². The standard InChI is InChI=1S/C52H92NO9P/c1-3-5-7-9-11-13-15-17-19-21-22-23-24-25-26-27-29-31-33-35-37-39-41-43-45-59-46-49(47-60-63(57,58)61-48-50(53)52(55)56)62-51(54)44-42-40-38-36-34-32-30-28-20-18-16-14-12-10-8-6-4-2/h6,8,12,14-15,17-18,20-22,30,32,49-50H,3-5,7,9-11,13,16,19,23-29,31,33-48,53H2,1-2H3,(H,55,56)(H,57,58)/b8-6-,14-12-,17-15-,20-18-,22-21-,32-30-. The van der Waals surface area contributed by atoms with Crippen LogP contribution in [0.4, 0.5) is 0 Å². The minimum atomic E-state index is -4.63. The smallest absolute Gasteiger partial charge is 0.472 e. The number of carboxylic acid groups (broad SMARTS) is 1. The molecule has 364 valence electrons. The van der Waals surface area contributed by atoms with Gasteiger partial charge in [0.25, 0.3) is 0 Å². The highest BCUT2D eigenvalue weighted by Gasteiger charge is 2.27. The van der Waals surface area contributed by atoms with E-state index in [0.29, 0.717) is 13.0 Å². The van der Waals surface area contributed by atoms with Crippen molar-refractivity contribution in [1.82, 2.24) is 0 Å². The monoisotopic (exact) mass is 906 g/mol. The molecule has 0 aliphatic carbocycles. The summed E-state index contributed by atoms with van der Waals surface area (Å²) in [5.74, 6) is -1.80. The average Bonchev–Trinajstić information content (AvgIpc) is 3.26. The van der Waals surface area contributed by atoms with Crippen molar-refractivity contribution in [1.29, 1.82) is 0 Å². The molecule has 10 nitrogen and oxygen atoms in total. The second-order valence-electron chi connectivity index (χ2n) is 16.6. The van der Waals surface area contributed by atoms with Gasteiger partial charge in [0.05, 0.1) is 19.8 Å². The summed E-state index contributed by atoms with van der Waals surface area (Å²) in [6.07, 6.45) is 59.6. The third-order valence-corrected chi connectivity index (χ3v) is 11.4. The van der Waals surface area contributed by atoms with Gasteiger partial charge in [0.15, 0.2) is 0 Å². The highest BCUT2D eigenvalue weighted by molar-refractivity contribution is 7.47. The highest BCUT2D eigenvalue weighted by atomic mass is 31.2. The van der Waals surface area contributed by atoms with Crippen LogP contribution in [0.3, 0.4) is 0 Å². The van der Waals surface area contributed by atoms with Crippen molar-refractivity contribution in [2.24, 2.45) is 5.73 Å². The van der Waals surface area contributed by atoms with Gasteiger partial charge in [-0.1, -0.05) is 189 Å². The maximum atomic E-state index is 12.7. The third-order valence-electron chi connectivity index (χ3n) is 10.5. The SMILES string of the molecule is CC/C=C\C/C=C\C/C=C\C/C=C\CCCCCCC(=O)OC(COCCCCCCCCCCCCCC/C=C\C/C=C\CCCCCCC)COP(=O)(O)OCC(N)C(=O)O. The lowest BCUT2D eigenvalue weighted by Crippen LogP contribution is -2.34. The van der Waals surface area contributed by atoms with E-state index in [2.05, 4.69) is 86.8 Å². The van der Waals surface area contributed by atoms with Crippen LogP contribution in [0.15, 0.2) is 72.9 Å². The van der Waals surface area contributed by atoms with Crippen LogP contribution in [0.5, 0.6) is 0 Å². The fourth-order valence-corrected chi connectivity index (χ4v) is 7.40. The number of nitrogens with two attached hydrogens (primary N) is 1. The summed E-state index contributed by atoms with van der Waals surface area (Å²) in [6.45, 7) is 3.73. The normalized spacial score (nSPS) is 14.3. The summed E-state index contributed by atoms with van der Waals surface area (Å²) >= 11 is 0. The molecule has 0 aromatic rings. The van der Waals surface area contributed by atoms with Crippen LogP contribution in [0.1, 0.15) is 206 Å². The number of rotatable bonds is 47. The van der Waals surface area contributed by atoms with Crippen LogP contribution in [0.2, 0.25) is 0 Å². The molecular weight excluding hydrogens is 814 g/mol. The number of allylic oxidation sites excluding steroid dienone is 12. The zero-order valence-electron chi connectivity index (χ0n) is 39.9. The molecule has 0 aromatic carbocycles. The fourth-order valence-electron chi connectivity index (χ4n) is 6.63.